The highest BCUT2D eigenvalue weighted by Gasteiger charge is 2.60. The Kier molecular flexibility index (Phi) is 1.77. The topological polar surface area (TPSA) is 26.0 Å². The van der Waals surface area contributed by atoms with Crippen LogP contribution in [0, 0.1) is 18.2 Å². The molecule has 0 saturated heterocycles. The molecule has 14 heavy (non-hydrogen) atoms. The zero-order valence-electron chi connectivity index (χ0n) is 8.89. The molecule has 1 nitrogen and oxygen atoms in total. The van der Waals surface area contributed by atoms with Gasteiger partial charge in [0.25, 0.3) is 0 Å². The van der Waals surface area contributed by atoms with Gasteiger partial charge in [0, 0.05) is 11.1 Å². The van der Waals surface area contributed by atoms with Gasteiger partial charge in [-0.2, -0.15) is 0 Å². The van der Waals surface area contributed by atoms with Crippen molar-refractivity contribution in [2.45, 2.75) is 32.7 Å². The number of hydrogen-bond donors (Lipinski definition) is 1. The maximum absolute atomic E-state index is 13.6. The number of rotatable bonds is 1. The highest BCUT2D eigenvalue weighted by molar-refractivity contribution is 5.38. The number of benzene rings is 1. The Hall–Kier alpha value is -0.890. The van der Waals surface area contributed by atoms with Crippen molar-refractivity contribution in [1.82, 2.24) is 0 Å². The van der Waals surface area contributed by atoms with E-state index in [-0.39, 0.29) is 11.2 Å². The summed E-state index contributed by atoms with van der Waals surface area (Å²) in [4.78, 5) is 0. The van der Waals surface area contributed by atoms with Gasteiger partial charge in [-0.05, 0) is 24.8 Å². The van der Waals surface area contributed by atoms with Gasteiger partial charge in [-0.3, -0.25) is 0 Å². The van der Waals surface area contributed by atoms with Crippen molar-refractivity contribution in [2.24, 2.45) is 11.1 Å². The van der Waals surface area contributed by atoms with Gasteiger partial charge in [-0.15, -0.1) is 0 Å². The van der Waals surface area contributed by atoms with E-state index in [2.05, 4.69) is 13.8 Å². The third kappa shape index (κ3) is 1.17. The largest absolute Gasteiger partial charge is 0.321 e. The number of nitrogens with two attached hydrogens (primary N) is 1. The third-order valence-electron chi connectivity index (χ3n) is 3.41. The second kappa shape index (κ2) is 2.57. The molecule has 1 saturated carbocycles. The van der Waals surface area contributed by atoms with E-state index in [1.807, 2.05) is 13.0 Å². The molecule has 76 valence electrons. The van der Waals surface area contributed by atoms with Crippen molar-refractivity contribution < 1.29 is 4.39 Å². The van der Waals surface area contributed by atoms with Crippen LogP contribution in [0.1, 0.15) is 31.4 Å². The lowest BCUT2D eigenvalue weighted by molar-refractivity contribution is 0.482. The van der Waals surface area contributed by atoms with E-state index in [1.165, 1.54) is 6.07 Å². The van der Waals surface area contributed by atoms with Crippen LogP contribution in [-0.2, 0) is 5.54 Å². The van der Waals surface area contributed by atoms with Crippen LogP contribution in [0.3, 0.4) is 0 Å². The first-order valence-corrected chi connectivity index (χ1v) is 4.92. The first-order chi connectivity index (χ1) is 6.37. The Labute approximate surface area is 84.1 Å². The van der Waals surface area contributed by atoms with Crippen LogP contribution in [0.15, 0.2) is 18.2 Å². The quantitative estimate of drug-likeness (QED) is 0.729. The summed E-state index contributed by atoms with van der Waals surface area (Å²) in [5.74, 6) is -0.177. The van der Waals surface area contributed by atoms with Crippen molar-refractivity contribution in [2.75, 3.05) is 0 Å². The fourth-order valence-corrected chi connectivity index (χ4v) is 2.09. The number of hydrogen-bond acceptors (Lipinski definition) is 1. The highest BCUT2D eigenvalue weighted by Crippen LogP contribution is 2.60. The molecule has 1 fully saturated rings. The summed E-state index contributed by atoms with van der Waals surface area (Å²) < 4.78 is 13.6. The van der Waals surface area contributed by atoms with Crippen molar-refractivity contribution in [3.63, 3.8) is 0 Å². The predicted octanol–water partition coefficient (Wildman–Crippen LogP) is 2.72. The minimum absolute atomic E-state index is 0.0294. The molecule has 2 rings (SSSR count). The molecule has 0 aliphatic heterocycles. The van der Waals surface area contributed by atoms with E-state index in [4.69, 9.17) is 5.73 Å². The first kappa shape index (κ1) is 9.66. The lowest BCUT2D eigenvalue weighted by atomic mass is 9.95. The molecule has 1 aromatic rings. The minimum Gasteiger partial charge on any atom is -0.321 e. The Morgan fingerprint density at radius 1 is 1.36 bits per heavy atom. The van der Waals surface area contributed by atoms with Crippen molar-refractivity contribution in [3.05, 3.63) is 35.1 Å². The van der Waals surface area contributed by atoms with Crippen LogP contribution >= 0.6 is 0 Å². The van der Waals surface area contributed by atoms with Crippen LogP contribution < -0.4 is 5.73 Å². The summed E-state index contributed by atoms with van der Waals surface area (Å²) in [6, 6.07) is 5.15. The van der Waals surface area contributed by atoms with Gasteiger partial charge in [0.15, 0.2) is 0 Å². The second-order valence-electron chi connectivity index (χ2n) is 5.02. The average molecular weight is 193 g/mol. The molecule has 1 atom stereocenters. The van der Waals surface area contributed by atoms with Gasteiger partial charge in [0.1, 0.15) is 5.82 Å². The summed E-state index contributed by atoms with van der Waals surface area (Å²) in [5.41, 5.74) is 7.48. The normalized spacial score (nSPS) is 28.9. The maximum Gasteiger partial charge on any atom is 0.128 e. The van der Waals surface area contributed by atoms with E-state index in [9.17, 15) is 4.39 Å². The minimum atomic E-state index is -0.455. The van der Waals surface area contributed by atoms with Gasteiger partial charge < -0.3 is 5.73 Å². The molecular weight excluding hydrogens is 177 g/mol. The SMILES string of the molecule is Cc1ccc(F)c(C2(N)CC2(C)C)c1. The number of halogens is 1. The molecular formula is C12H16FN. The molecule has 1 aliphatic carbocycles. The Morgan fingerprint density at radius 2 is 1.93 bits per heavy atom. The Bertz CT molecular complexity index is 384. The maximum atomic E-state index is 13.6. The molecule has 0 spiro atoms. The molecule has 0 radical (unpaired) electrons. The van der Waals surface area contributed by atoms with E-state index in [0.717, 1.165) is 12.0 Å². The monoisotopic (exact) mass is 193 g/mol. The van der Waals surface area contributed by atoms with Crippen LogP contribution in [0.2, 0.25) is 0 Å². The van der Waals surface area contributed by atoms with Crippen LogP contribution in [0.5, 0.6) is 0 Å². The summed E-state index contributed by atoms with van der Waals surface area (Å²) in [6.45, 7) is 6.12. The van der Waals surface area contributed by atoms with E-state index in [0.29, 0.717) is 5.56 Å². The molecule has 1 aliphatic rings. The van der Waals surface area contributed by atoms with Gasteiger partial charge >= 0.3 is 0 Å². The van der Waals surface area contributed by atoms with E-state index in [1.54, 1.807) is 6.07 Å². The molecule has 2 N–H and O–H groups in total. The van der Waals surface area contributed by atoms with Crippen LogP contribution in [0.4, 0.5) is 4.39 Å². The van der Waals surface area contributed by atoms with Gasteiger partial charge in [-0.25, -0.2) is 4.39 Å². The first-order valence-electron chi connectivity index (χ1n) is 4.92. The number of aryl methyl sites for hydroxylation is 1. The van der Waals surface area contributed by atoms with Gasteiger partial charge in [-0.1, -0.05) is 31.5 Å². The Balaban J connectivity index is 2.48. The fourth-order valence-electron chi connectivity index (χ4n) is 2.09. The molecule has 1 aromatic carbocycles. The summed E-state index contributed by atoms with van der Waals surface area (Å²) in [7, 11) is 0. The molecule has 0 heterocycles. The smallest absolute Gasteiger partial charge is 0.128 e. The van der Waals surface area contributed by atoms with Crippen molar-refractivity contribution >= 4 is 0 Å². The zero-order valence-corrected chi connectivity index (χ0v) is 8.89. The molecule has 1 unspecified atom stereocenters. The molecule has 0 bridgehead atoms. The standard InChI is InChI=1S/C12H16FN/c1-8-4-5-10(13)9(6-8)12(14)7-11(12,2)3/h4-6H,7,14H2,1-3H3. The summed E-state index contributed by atoms with van der Waals surface area (Å²) >= 11 is 0. The van der Waals surface area contributed by atoms with Crippen molar-refractivity contribution in [3.8, 4) is 0 Å². The molecule has 2 heteroatoms. The van der Waals surface area contributed by atoms with Crippen LogP contribution in [0.25, 0.3) is 0 Å². The van der Waals surface area contributed by atoms with Crippen molar-refractivity contribution in [1.29, 1.82) is 0 Å². The third-order valence-corrected chi connectivity index (χ3v) is 3.41. The fraction of sp³-hybridized carbons (Fsp3) is 0.500. The molecule has 0 aromatic heterocycles. The van der Waals surface area contributed by atoms with Gasteiger partial charge in [0.2, 0.25) is 0 Å². The van der Waals surface area contributed by atoms with Crippen LogP contribution in [-0.4, -0.2) is 0 Å². The second-order valence-corrected chi connectivity index (χ2v) is 5.02. The highest BCUT2D eigenvalue weighted by atomic mass is 19.1. The zero-order chi connectivity index (χ0) is 10.6. The van der Waals surface area contributed by atoms with Gasteiger partial charge in [0.05, 0.1) is 0 Å². The molecule has 0 amide bonds. The lowest BCUT2D eigenvalue weighted by Gasteiger charge is -2.16. The van der Waals surface area contributed by atoms with E-state index < -0.39 is 5.54 Å². The lowest BCUT2D eigenvalue weighted by Crippen LogP contribution is -2.26. The summed E-state index contributed by atoms with van der Waals surface area (Å²) in [5, 5.41) is 0. The predicted molar refractivity (Wildman–Crippen MR) is 55.4 cm³/mol. The summed E-state index contributed by atoms with van der Waals surface area (Å²) in [6.07, 6.45) is 0.861. The van der Waals surface area contributed by atoms with E-state index >= 15 is 0 Å². The Morgan fingerprint density at radius 3 is 2.43 bits per heavy atom. The average Bonchev–Trinajstić information content (AvgIpc) is 2.58.